The van der Waals surface area contributed by atoms with E-state index in [0.29, 0.717) is 34.4 Å². The number of halogens is 2. The fraction of sp³-hybridized carbons (Fsp3) is 0.417. The predicted molar refractivity (Wildman–Crippen MR) is 125 cm³/mol. The summed E-state index contributed by atoms with van der Waals surface area (Å²) in [5.74, 6) is 1.08. The van der Waals surface area contributed by atoms with Crippen molar-refractivity contribution in [3.8, 4) is 11.5 Å². The van der Waals surface area contributed by atoms with Crippen molar-refractivity contribution in [2.45, 2.75) is 58.7 Å². The summed E-state index contributed by atoms with van der Waals surface area (Å²) in [7, 11) is 0. The molecule has 0 aromatic heterocycles. The van der Waals surface area contributed by atoms with Gasteiger partial charge in [0, 0.05) is 29.1 Å². The van der Waals surface area contributed by atoms with Crippen molar-refractivity contribution in [3.05, 3.63) is 57.6 Å². The first-order valence-corrected chi connectivity index (χ1v) is 11.5. The molecule has 2 amide bonds. The molecule has 0 spiro atoms. The summed E-state index contributed by atoms with van der Waals surface area (Å²) in [6.07, 6.45) is 1.25. The van der Waals surface area contributed by atoms with Gasteiger partial charge in [-0.3, -0.25) is 9.59 Å². The van der Waals surface area contributed by atoms with Gasteiger partial charge in [0.15, 0.2) is 11.5 Å². The van der Waals surface area contributed by atoms with Gasteiger partial charge >= 0.3 is 0 Å². The van der Waals surface area contributed by atoms with E-state index < -0.39 is 6.04 Å². The minimum atomic E-state index is -0.603. The third kappa shape index (κ3) is 6.08. The molecule has 1 atom stereocenters. The highest BCUT2D eigenvalue weighted by molar-refractivity contribution is 6.35. The molecule has 172 valence electrons. The van der Waals surface area contributed by atoms with E-state index in [-0.39, 0.29) is 37.6 Å². The molecule has 1 N–H and O–H groups in total. The zero-order valence-electron chi connectivity index (χ0n) is 18.5. The van der Waals surface area contributed by atoms with Gasteiger partial charge in [-0.05, 0) is 62.1 Å². The van der Waals surface area contributed by atoms with Crippen molar-refractivity contribution in [1.82, 2.24) is 10.2 Å². The Kier molecular flexibility index (Phi) is 8.26. The van der Waals surface area contributed by atoms with Crippen LogP contribution in [0, 0.1) is 0 Å². The molecule has 3 rings (SSSR count). The van der Waals surface area contributed by atoms with Crippen LogP contribution in [0.1, 0.15) is 44.7 Å². The summed E-state index contributed by atoms with van der Waals surface area (Å²) in [6, 6.07) is 10.2. The monoisotopic (exact) mass is 478 g/mol. The van der Waals surface area contributed by atoms with E-state index >= 15 is 0 Å². The largest absolute Gasteiger partial charge is 0.454 e. The third-order valence-electron chi connectivity index (χ3n) is 5.24. The molecule has 2 aromatic rings. The zero-order chi connectivity index (χ0) is 23.3. The van der Waals surface area contributed by atoms with Crippen LogP contribution in [0.15, 0.2) is 36.4 Å². The van der Waals surface area contributed by atoms with E-state index in [1.807, 2.05) is 39.0 Å². The second-order valence-electron chi connectivity index (χ2n) is 8.03. The second-order valence-corrected chi connectivity index (χ2v) is 8.88. The van der Waals surface area contributed by atoms with Gasteiger partial charge in [0.05, 0.1) is 0 Å². The smallest absolute Gasteiger partial charge is 0.243 e. The van der Waals surface area contributed by atoms with E-state index in [9.17, 15) is 9.59 Å². The van der Waals surface area contributed by atoms with Crippen molar-refractivity contribution < 1.29 is 19.1 Å². The van der Waals surface area contributed by atoms with Crippen molar-refractivity contribution in [2.75, 3.05) is 6.79 Å². The number of fused-ring (bicyclic) bond motifs is 1. The Hall–Kier alpha value is -2.44. The average molecular weight is 479 g/mol. The molecule has 2 aromatic carbocycles. The molecular weight excluding hydrogens is 451 g/mol. The van der Waals surface area contributed by atoms with Gasteiger partial charge < -0.3 is 19.7 Å². The minimum Gasteiger partial charge on any atom is -0.454 e. The number of hydrogen-bond acceptors (Lipinski definition) is 4. The second kappa shape index (κ2) is 10.9. The number of hydrogen-bond donors (Lipinski definition) is 1. The normalized spacial score (nSPS) is 13.2. The van der Waals surface area contributed by atoms with E-state index in [1.165, 1.54) is 0 Å². The van der Waals surface area contributed by atoms with Gasteiger partial charge in [0.2, 0.25) is 18.6 Å². The molecule has 8 heteroatoms. The molecule has 1 heterocycles. The molecule has 32 heavy (non-hydrogen) atoms. The lowest BCUT2D eigenvalue weighted by Gasteiger charge is -2.31. The summed E-state index contributed by atoms with van der Waals surface area (Å²) in [6.45, 7) is 6.11. The van der Waals surface area contributed by atoms with Crippen molar-refractivity contribution in [3.63, 3.8) is 0 Å². The van der Waals surface area contributed by atoms with Gasteiger partial charge in [-0.15, -0.1) is 0 Å². The Morgan fingerprint density at radius 1 is 1.09 bits per heavy atom. The van der Waals surface area contributed by atoms with Crippen molar-refractivity contribution >= 4 is 35.0 Å². The van der Waals surface area contributed by atoms with Crippen LogP contribution in [-0.2, 0) is 22.6 Å². The average Bonchev–Trinajstić information content (AvgIpc) is 3.20. The fourth-order valence-corrected chi connectivity index (χ4v) is 4.09. The zero-order valence-corrected chi connectivity index (χ0v) is 20.0. The molecule has 1 aliphatic heterocycles. The molecule has 0 aliphatic carbocycles. The fourth-order valence-electron chi connectivity index (χ4n) is 3.62. The Balaban J connectivity index is 1.79. The molecule has 1 aliphatic rings. The lowest BCUT2D eigenvalue weighted by molar-refractivity contribution is -0.141. The first kappa shape index (κ1) is 24.2. The molecule has 0 saturated carbocycles. The molecule has 0 radical (unpaired) electrons. The summed E-state index contributed by atoms with van der Waals surface area (Å²) in [5.41, 5.74) is 1.70. The lowest BCUT2D eigenvalue weighted by atomic mass is 10.1. The number of benzene rings is 2. The van der Waals surface area contributed by atoms with Crippen molar-refractivity contribution in [2.24, 2.45) is 0 Å². The van der Waals surface area contributed by atoms with Gasteiger partial charge in [-0.25, -0.2) is 0 Å². The highest BCUT2D eigenvalue weighted by atomic mass is 35.5. The van der Waals surface area contributed by atoms with Gasteiger partial charge in [0.1, 0.15) is 6.04 Å². The first-order chi connectivity index (χ1) is 15.3. The minimum absolute atomic E-state index is 0.0266. The van der Waals surface area contributed by atoms with E-state index in [1.54, 1.807) is 23.1 Å². The lowest BCUT2D eigenvalue weighted by Crippen LogP contribution is -2.50. The molecule has 1 unspecified atom stereocenters. The maximum absolute atomic E-state index is 13.3. The van der Waals surface area contributed by atoms with Gasteiger partial charge in [0.25, 0.3) is 0 Å². The number of rotatable bonds is 9. The molecule has 0 saturated heterocycles. The van der Waals surface area contributed by atoms with Crippen LogP contribution in [0.3, 0.4) is 0 Å². The first-order valence-electron chi connectivity index (χ1n) is 10.7. The third-order valence-corrected chi connectivity index (χ3v) is 5.82. The highest BCUT2D eigenvalue weighted by Gasteiger charge is 2.29. The van der Waals surface area contributed by atoms with Crippen LogP contribution >= 0.6 is 23.2 Å². The number of amides is 2. The SMILES string of the molecule is CCC(C(=O)NC(C)C)N(Cc1ccc(Cl)cc1Cl)C(=O)CCc1ccc2c(c1)OCO2. The van der Waals surface area contributed by atoms with Crippen LogP contribution in [0.2, 0.25) is 10.0 Å². The maximum atomic E-state index is 13.3. The van der Waals surface area contributed by atoms with Gasteiger partial charge in [-0.1, -0.05) is 42.3 Å². The predicted octanol–water partition coefficient (Wildman–Crippen LogP) is 4.99. The van der Waals surface area contributed by atoms with Crippen LogP contribution in [-0.4, -0.2) is 35.6 Å². The van der Waals surface area contributed by atoms with Crippen LogP contribution in [0.4, 0.5) is 0 Å². The molecule has 0 fully saturated rings. The Labute approximate surface area is 198 Å². The van der Waals surface area contributed by atoms with Crippen LogP contribution in [0.5, 0.6) is 11.5 Å². The number of nitrogens with zero attached hydrogens (tertiary/aromatic N) is 1. The maximum Gasteiger partial charge on any atom is 0.243 e. The number of carbonyl (C=O) groups is 2. The van der Waals surface area contributed by atoms with Gasteiger partial charge in [-0.2, -0.15) is 0 Å². The van der Waals surface area contributed by atoms with Crippen molar-refractivity contribution in [1.29, 1.82) is 0 Å². The summed E-state index contributed by atoms with van der Waals surface area (Å²) < 4.78 is 10.8. The number of carbonyl (C=O) groups excluding carboxylic acids is 2. The van der Waals surface area contributed by atoms with E-state index in [2.05, 4.69) is 5.32 Å². The topological polar surface area (TPSA) is 67.9 Å². The van der Waals surface area contributed by atoms with Crippen LogP contribution < -0.4 is 14.8 Å². The summed E-state index contributed by atoms with van der Waals surface area (Å²) >= 11 is 12.4. The summed E-state index contributed by atoms with van der Waals surface area (Å²) in [4.78, 5) is 27.8. The Bertz CT molecular complexity index is 980. The summed E-state index contributed by atoms with van der Waals surface area (Å²) in [5, 5.41) is 3.90. The molecule has 6 nitrogen and oxygen atoms in total. The Morgan fingerprint density at radius 2 is 1.84 bits per heavy atom. The van der Waals surface area contributed by atoms with Crippen LogP contribution in [0.25, 0.3) is 0 Å². The standard InChI is InChI=1S/C24H28Cl2N2O4/c1-4-20(24(30)27-15(2)3)28(13-17-7-8-18(25)12-19(17)26)23(29)10-6-16-5-9-21-22(11-16)32-14-31-21/h5,7-9,11-12,15,20H,4,6,10,13-14H2,1-3H3,(H,27,30). The Morgan fingerprint density at radius 3 is 2.53 bits per heavy atom. The quantitative estimate of drug-likeness (QED) is 0.551. The highest BCUT2D eigenvalue weighted by Crippen LogP contribution is 2.33. The number of nitrogens with one attached hydrogen (secondary N) is 1. The molecular formula is C24H28Cl2N2O4. The van der Waals surface area contributed by atoms with E-state index in [4.69, 9.17) is 32.7 Å². The molecule has 0 bridgehead atoms. The number of ether oxygens (including phenoxy) is 2. The van der Waals surface area contributed by atoms with E-state index in [0.717, 1.165) is 11.1 Å². The number of aryl methyl sites for hydroxylation is 1.